The van der Waals surface area contributed by atoms with Crippen molar-refractivity contribution in [3.63, 3.8) is 0 Å². The molecule has 3 N–H and O–H groups in total. The van der Waals surface area contributed by atoms with Gasteiger partial charge in [0.25, 0.3) is 0 Å². The van der Waals surface area contributed by atoms with E-state index in [1.807, 2.05) is 6.07 Å². The molecule has 3 aliphatic rings. The summed E-state index contributed by atoms with van der Waals surface area (Å²) in [6, 6.07) is 3.94. The van der Waals surface area contributed by atoms with E-state index in [4.69, 9.17) is 24.3 Å². The second-order valence-corrected chi connectivity index (χ2v) is 10.9. The number of nitriles is 1. The van der Waals surface area contributed by atoms with Crippen LogP contribution < -0.4 is 10.8 Å². The van der Waals surface area contributed by atoms with Crippen LogP contribution in [0, 0.1) is 11.3 Å². The minimum atomic E-state index is -4.17. The molecule has 182 valence electrons. The fourth-order valence-corrected chi connectivity index (χ4v) is 6.73. The first-order valence-corrected chi connectivity index (χ1v) is 12.3. The van der Waals surface area contributed by atoms with Crippen molar-refractivity contribution >= 4 is 25.1 Å². The quantitative estimate of drug-likeness (QED) is 0.460. The predicted octanol–water partition coefficient (Wildman–Crippen LogP) is 1.75. The number of ether oxygens (including phenoxy) is 2. The van der Waals surface area contributed by atoms with E-state index in [1.54, 1.807) is 19.9 Å². The van der Waals surface area contributed by atoms with Gasteiger partial charge in [0.15, 0.2) is 11.5 Å². The summed E-state index contributed by atoms with van der Waals surface area (Å²) in [5.74, 6) is -0.526. The van der Waals surface area contributed by atoms with Gasteiger partial charge in [0.05, 0.1) is 11.8 Å². The fraction of sp³-hybridized carbons (Fsp3) is 0.600. The van der Waals surface area contributed by atoms with Crippen molar-refractivity contribution in [1.82, 2.24) is 19.7 Å². The molecular weight excluding hydrogens is 470 g/mol. The molecule has 34 heavy (non-hydrogen) atoms. The van der Waals surface area contributed by atoms with E-state index in [1.165, 1.54) is 23.8 Å². The van der Waals surface area contributed by atoms with E-state index in [-0.39, 0.29) is 24.0 Å². The third-order valence-corrected chi connectivity index (χ3v) is 8.15. The molecule has 3 fully saturated rings. The van der Waals surface area contributed by atoms with Crippen molar-refractivity contribution in [3.8, 4) is 6.07 Å². The number of hydrogen-bond donors (Lipinski definition) is 2. The van der Waals surface area contributed by atoms with E-state index in [0.717, 1.165) is 6.92 Å². The van der Waals surface area contributed by atoms with Crippen LogP contribution in [0.2, 0.25) is 0 Å². The van der Waals surface area contributed by atoms with Crippen LogP contribution in [0.4, 0.5) is 10.2 Å². The Kier molecular flexibility index (Phi) is 4.89. The first kappa shape index (κ1) is 23.1. The average Bonchev–Trinajstić information content (AvgIpc) is 3.17. The van der Waals surface area contributed by atoms with Gasteiger partial charge in [0.2, 0.25) is 5.60 Å². The second-order valence-electron chi connectivity index (χ2n) is 9.20. The normalized spacial score (nSPS) is 39.3. The van der Waals surface area contributed by atoms with Crippen LogP contribution in [0.25, 0.3) is 5.52 Å². The van der Waals surface area contributed by atoms with E-state index < -0.39 is 48.8 Å². The number of anilines is 1. The largest absolute Gasteiger partial charge is 0.462 e. The van der Waals surface area contributed by atoms with Crippen molar-refractivity contribution in [2.24, 2.45) is 0 Å². The molecule has 4 heterocycles. The van der Waals surface area contributed by atoms with Gasteiger partial charge in [-0.15, -0.1) is 0 Å². The first-order chi connectivity index (χ1) is 15.9. The summed E-state index contributed by atoms with van der Waals surface area (Å²) in [7, 11) is -4.17. The number of nitrogens with zero attached hydrogens (tertiary/aromatic N) is 4. The van der Waals surface area contributed by atoms with Gasteiger partial charge in [-0.05, 0) is 39.8 Å². The van der Waals surface area contributed by atoms with Crippen LogP contribution in [-0.4, -0.2) is 56.2 Å². The van der Waals surface area contributed by atoms with Crippen molar-refractivity contribution in [2.45, 2.75) is 75.3 Å². The Morgan fingerprint density at radius 3 is 2.85 bits per heavy atom. The topological polar surface area (TPSA) is 163 Å². The predicted molar refractivity (Wildman–Crippen MR) is 114 cm³/mol. The number of fused-ring (bicyclic) bond motifs is 1. The number of carbonyl (C=O) groups is 1. The molecule has 14 heteroatoms. The third-order valence-electron chi connectivity index (χ3n) is 6.42. The molecule has 0 radical (unpaired) electrons. The van der Waals surface area contributed by atoms with Gasteiger partial charge in [-0.1, -0.05) is 0 Å². The number of nitrogen functional groups attached to an aromatic ring is 1. The Balaban J connectivity index is 1.50. The first-order valence-electron chi connectivity index (χ1n) is 10.7. The zero-order valence-corrected chi connectivity index (χ0v) is 19.8. The van der Waals surface area contributed by atoms with Gasteiger partial charge in [-0.25, -0.2) is 23.5 Å². The lowest BCUT2D eigenvalue weighted by Crippen LogP contribution is -2.51. The summed E-state index contributed by atoms with van der Waals surface area (Å²) in [5, 5.41) is 16.8. The maximum Gasteiger partial charge on any atom is 0.407 e. The van der Waals surface area contributed by atoms with Crippen LogP contribution >= 0.6 is 7.75 Å². The molecular formula is C20H24FN6O6P. The molecule has 2 aromatic heterocycles. The summed E-state index contributed by atoms with van der Waals surface area (Å²) < 4.78 is 53.9. The molecule has 2 saturated heterocycles. The number of alkyl halides is 1. The highest BCUT2D eigenvalue weighted by atomic mass is 31.2. The number of halogens is 1. The minimum absolute atomic E-state index is 0.0822. The Morgan fingerprint density at radius 1 is 1.44 bits per heavy atom. The Labute approximate surface area is 194 Å². The van der Waals surface area contributed by atoms with Gasteiger partial charge < -0.3 is 15.2 Å². The number of hydrogen-bond acceptors (Lipinski definition) is 10. The number of rotatable bonds is 5. The molecule has 2 aromatic rings. The smallest absolute Gasteiger partial charge is 0.407 e. The number of carbonyl (C=O) groups excluding carboxylic acids is 1. The average molecular weight is 494 g/mol. The van der Waals surface area contributed by atoms with E-state index >= 15 is 4.39 Å². The lowest BCUT2D eigenvalue weighted by molar-refractivity contribution is -0.149. The van der Waals surface area contributed by atoms with Crippen molar-refractivity contribution in [1.29, 1.82) is 5.26 Å². The lowest BCUT2D eigenvalue weighted by atomic mass is 9.81. The van der Waals surface area contributed by atoms with Crippen molar-refractivity contribution in [2.75, 3.05) is 5.73 Å². The lowest BCUT2D eigenvalue weighted by Gasteiger charge is -2.36. The van der Waals surface area contributed by atoms with Crippen molar-refractivity contribution < 1.29 is 32.3 Å². The van der Waals surface area contributed by atoms with E-state index in [9.17, 15) is 14.6 Å². The molecule has 0 aromatic carbocycles. The summed E-state index contributed by atoms with van der Waals surface area (Å²) in [5.41, 5.74) is 0.335. The van der Waals surface area contributed by atoms with Gasteiger partial charge in [-0.3, -0.25) is 13.8 Å². The Hall–Kier alpha value is -2.62. The highest BCUT2D eigenvalue weighted by molar-refractivity contribution is 7.51. The number of nitrogens with two attached hydrogens (primary N) is 1. The van der Waals surface area contributed by atoms with E-state index in [0.29, 0.717) is 5.52 Å². The zero-order chi connectivity index (χ0) is 24.7. The third kappa shape index (κ3) is 3.03. The van der Waals surface area contributed by atoms with Crippen LogP contribution in [0.15, 0.2) is 18.5 Å². The molecule has 0 bridgehead atoms. The van der Waals surface area contributed by atoms with Gasteiger partial charge in [0.1, 0.15) is 41.8 Å². The summed E-state index contributed by atoms with van der Waals surface area (Å²) >= 11 is 0. The molecule has 1 spiro atoms. The fourth-order valence-electron chi connectivity index (χ4n) is 4.74. The highest BCUT2D eigenvalue weighted by Crippen LogP contribution is 2.72. The van der Waals surface area contributed by atoms with Crippen LogP contribution in [0.5, 0.6) is 0 Å². The molecule has 1 saturated carbocycles. The summed E-state index contributed by atoms with van der Waals surface area (Å²) in [6.07, 6.45) is -1.30. The van der Waals surface area contributed by atoms with Gasteiger partial charge >= 0.3 is 13.7 Å². The summed E-state index contributed by atoms with van der Waals surface area (Å²) in [4.78, 5) is 16.1. The van der Waals surface area contributed by atoms with Crippen molar-refractivity contribution in [3.05, 3.63) is 24.2 Å². The standard InChI is InChI=1S/C20H24FN6O6P/c1-10(2)30-16(28)11(3)26-34(29)31-14-7-19(14)17(32-34)18(4,21)20(8-22,33-19)13-6-5-12-15(23)24-9-25-27(12)13/h5-6,9-11,14,17H,7H2,1-4H3,(H,26,29)(H2,23,24,25)/t11-,14?,17-,18+,19?,20-,34?/m0/s1. The highest BCUT2D eigenvalue weighted by Gasteiger charge is 2.84. The maximum atomic E-state index is 16.7. The van der Waals surface area contributed by atoms with Crippen LogP contribution in [0.3, 0.4) is 0 Å². The molecule has 7 atom stereocenters. The molecule has 1 aliphatic carbocycles. The van der Waals surface area contributed by atoms with E-state index in [2.05, 4.69) is 15.2 Å². The Bertz CT molecular complexity index is 1280. The SMILES string of the molecule is CC(C)OC(=O)[C@H](C)NP1(=O)OC2CC23O[C@@](C#N)(c2ccc4c(N)ncnn24)[C@](C)(F)[C@@H]3O1. The van der Waals surface area contributed by atoms with Crippen LogP contribution in [-0.2, 0) is 33.5 Å². The minimum Gasteiger partial charge on any atom is -0.462 e. The Morgan fingerprint density at radius 2 is 2.18 bits per heavy atom. The second kappa shape index (κ2) is 7.19. The zero-order valence-electron chi connectivity index (χ0n) is 18.9. The molecule has 2 aliphatic heterocycles. The monoisotopic (exact) mass is 494 g/mol. The molecule has 0 amide bonds. The van der Waals surface area contributed by atoms with Gasteiger partial charge in [-0.2, -0.15) is 10.4 Å². The maximum absolute atomic E-state index is 16.7. The van der Waals surface area contributed by atoms with Crippen LogP contribution in [0.1, 0.15) is 39.8 Å². The number of nitrogens with one attached hydrogen (secondary N) is 1. The number of aromatic nitrogens is 3. The number of esters is 1. The van der Waals surface area contributed by atoms with Gasteiger partial charge in [0, 0.05) is 6.42 Å². The molecule has 3 unspecified atom stereocenters. The molecule has 12 nitrogen and oxygen atoms in total. The summed E-state index contributed by atoms with van der Waals surface area (Å²) in [6.45, 7) is 5.94. The molecule has 5 rings (SSSR count).